The maximum absolute atomic E-state index is 12.1. The maximum atomic E-state index is 12.1. The zero-order chi connectivity index (χ0) is 14.0. The molecule has 1 N–H and O–H groups in total. The molecular formula is C11H12ClN5OS. The van der Waals surface area contributed by atoms with E-state index in [0.717, 1.165) is 11.5 Å². The van der Waals surface area contributed by atoms with Crippen molar-refractivity contribution in [2.24, 2.45) is 0 Å². The van der Waals surface area contributed by atoms with E-state index < -0.39 is 0 Å². The van der Waals surface area contributed by atoms with Crippen LogP contribution in [0.4, 0.5) is 5.82 Å². The average Bonchev–Trinajstić information content (AvgIpc) is 2.81. The van der Waals surface area contributed by atoms with Gasteiger partial charge in [0.25, 0.3) is 5.91 Å². The zero-order valence-corrected chi connectivity index (χ0v) is 12.2. The number of nitrogens with one attached hydrogen (secondary N) is 1. The van der Waals surface area contributed by atoms with Crippen LogP contribution in [0.2, 0.25) is 5.15 Å². The number of amides is 1. The molecule has 8 heteroatoms. The summed E-state index contributed by atoms with van der Waals surface area (Å²) in [6, 6.07) is 3.14. The van der Waals surface area contributed by atoms with Crippen molar-refractivity contribution >= 4 is 34.9 Å². The largest absolute Gasteiger partial charge is 0.304 e. The van der Waals surface area contributed by atoms with Crippen molar-refractivity contribution in [2.75, 3.05) is 5.32 Å². The SMILES string of the molecule is CC(C)(C)c1nnsc1C(=O)Nc1ccc(Cl)nn1. The smallest absolute Gasteiger partial charge is 0.270 e. The first-order chi connectivity index (χ1) is 8.88. The van der Waals surface area contributed by atoms with Crippen LogP contribution < -0.4 is 5.32 Å². The van der Waals surface area contributed by atoms with Gasteiger partial charge in [0.15, 0.2) is 11.0 Å². The molecule has 100 valence electrons. The molecule has 0 fully saturated rings. The highest BCUT2D eigenvalue weighted by atomic mass is 35.5. The van der Waals surface area contributed by atoms with Crippen LogP contribution in [0, 0.1) is 0 Å². The predicted octanol–water partition coefficient (Wildman–Crippen LogP) is 2.53. The Morgan fingerprint density at radius 1 is 1.26 bits per heavy atom. The summed E-state index contributed by atoms with van der Waals surface area (Å²) in [5.74, 6) is 0.0409. The van der Waals surface area contributed by atoms with Crippen molar-refractivity contribution in [1.82, 2.24) is 19.8 Å². The topological polar surface area (TPSA) is 80.7 Å². The fourth-order valence-electron chi connectivity index (χ4n) is 1.39. The van der Waals surface area contributed by atoms with E-state index in [1.54, 1.807) is 12.1 Å². The van der Waals surface area contributed by atoms with E-state index in [2.05, 4.69) is 25.1 Å². The van der Waals surface area contributed by atoms with E-state index in [-0.39, 0.29) is 16.5 Å². The van der Waals surface area contributed by atoms with E-state index in [0.29, 0.717) is 16.4 Å². The molecule has 0 radical (unpaired) electrons. The maximum Gasteiger partial charge on any atom is 0.270 e. The number of nitrogens with zero attached hydrogens (tertiary/aromatic N) is 4. The lowest BCUT2D eigenvalue weighted by molar-refractivity contribution is 0.102. The van der Waals surface area contributed by atoms with Crippen LogP contribution >= 0.6 is 23.1 Å². The van der Waals surface area contributed by atoms with E-state index in [1.807, 2.05) is 20.8 Å². The third-order valence-corrected chi connectivity index (χ3v) is 3.20. The Balaban J connectivity index is 2.21. The first-order valence-electron chi connectivity index (χ1n) is 5.51. The Morgan fingerprint density at radius 3 is 2.58 bits per heavy atom. The van der Waals surface area contributed by atoms with Crippen molar-refractivity contribution in [3.05, 3.63) is 27.9 Å². The molecule has 0 aromatic carbocycles. The third kappa shape index (κ3) is 3.24. The summed E-state index contributed by atoms with van der Waals surface area (Å²) in [6.07, 6.45) is 0. The minimum absolute atomic E-state index is 0.245. The van der Waals surface area contributed by atoms with Gasteiger partial charge in [0, 0.05) is 5.41 Å². The molecule has 0 saturated carbocycles. The number of hydrogen-bond acceptors (Lipinski definition) is 6. The lowest BCUT2D eigenvalue weighted by Crippen LogP contribution is -2.20. The van der Waals surface area contributed by atoms with Gasteiger partial charge in [-0.3, -0.25) is 4.79 Å². The van der Waals surface area contributed by atoms with Crippen LogP contribution in [0.15, 0.2) is 12.1 Å². The number of aromatic nitrogens is 4. The van der Waals surface area contributed by atoms with E-state index in [1.165, 1.54) is 0 Å². The molecule has 2 heterocycles. The molecule has 0 spiro atoms. The van der Waals surface area contributed by atoms with Gasteiger partial charge in [-0.15, -0.1) is 15.3 Å². The number of anilines is 1. The molecule has 2 rings (SSSR count). The molecule has 0 unspecified atom stereocenters. The monoisotopic (exact) mass is 297 g/mol. The summed E-state index contributed by atoms with van der Waals surface area (Å²) >= 11 is 6.69. The number of carbonyl (C=O) groups is 1. The molecule has 0 aliphatic rings. The van der Waals surface area contributed by atoms with Gasteiger partial charge >= 0.3 is 0 Å². The highest BCUT2D eigenvalue weighted by molar-refractivity contribution is 7.08. The Bertz CT molecular complexity index is 590. The van der Waals surface area contributed by atoms with Gasteiger partial charge < -0.3 is 5.32 Å². The van der Waals surface area contributed by atoms with Crippen LogP contribution in [0.25, 0.3) is 0 Å². The molecule has 2 aromatic heterocycles. The van der Waals surface area contributed by atoms with E-state index >= 15 is 0 Å². The van der Waals surface area contributed by atoms with Crippen LogP contribution in [-0.2, 0) is 5.41 Å². The average molecular weight is 298 g/mol. The summed E-state index contributed by atoms with van der Waals surface area (Å²) in [4.78, 5) is 12.6. The van der Waals surface area contributed by atoms with Gasteiger partial charge in [-0.1, -0.05) is 36.9 Å². The Hall–Kier alpha value is -1.60. The second-order valence-corrected chi connectivity index (χ2v) is 6.04. The predicted molar refractivity (Wildman–Crippen MR) is 73.6 cm³/mol. The molecule has 19 heavy (non-hydrogen) atoms. The van der Waals surface area contributed by atoms with Crippen LogP contribution in [0.3, 0.4) is 0 Å². The van der Waals surface area contributed by atoms with Gasteiger partial charge in [-0.05, 0) is 23.7 Å². The Kier molecular flexibility index (Phi) is 3.77. The molecule has 0 saturated heterocycles. The standard InChI is InChI=1S/C11H12ClN5OS/c1-11(2,3)9-8(19-17-16-9)10(18)13-7-5-4-6(12)14-15-7/h4-5H,1-3H3,(H,13,15,18). The van der Waals surface area contributed by atoms with Crippen LogP contribution in [0.1, 0.15) is 36.1 Å². The molecule has 2 aromatic rings. The van der Waals surface area contributed by atoms with Crippen molar-refractivity contribution in [1.29, 1.82) is 0 Å². The summed E-state index contributed by atoms with van der Waals surface area (Å²) in [5.41, 5.74) is 0.419. The Labute approximate surface area is 119 Å². The first-order valence-corrected chi connectivity index (χ1v) is 6.66. The Morgan fingerprint density at radius 2 is 2.00 bits per heavy atom. The normalized spacial score (nSPS) is 11.4. The molecule has 6 nitrogen and oxygen atoms in total. The second-order valence-electron chi connectivity index (χ2n) is 4.90. The van der Waals surface area contributed by atoms with Crippen molar-refractivity contribution < 1.29 is 4.79 Å². The molecule has 0 aliphatic heterocycles. The zero-order valence-electron chi connectivity index (χ0n) is 10.6. The highest BCUT2D eigenvalue weighted by Gasteiger charge is 2.26. The minimum Gasteiger partial charge on any atom is -0.304 e. The summed E-state index contributed by atoms with van der Waals surface area (Å²) in [6.45, 7) is 5.92. The summed E-state index contributed by atoms with van der Waals surface area (Å²) < 4.78 is 3.84. The van der Waals surface area contributed by atoms with E-state index in [4.69, 9.17) is 11.6 Å². The van der Waals surface area contributed by atoms with Gasteiger partial charge in [0.05, 0.1) is 5.69 Å². The van der Waals surface area contributed by atoms with Gasteiger partial charge in [-0.25, -0.2) is 0 Å². The lowest BCUT2D eigenvalue weighted by atomic mass is 9.91. The number of hydrogen-bond donors (Lipinski definition) is 1. The number of carbonyl (C=O) groups excluding carboxylic acids is 1. The fourth-order valence-corrected chi connectivity index (χ4v) is 2.26. The van der Waals surface area contributed by atoms with Crippen molar-refractivity contribution in [2.45, 2.75) is 26.2 Å². The van der Waals surface area contributed by atoms with Gasteiger partial charge in [0.2, 0.25) is 0 Å². The number of rotatable bonds is 2. The molecular weight excluding hydrogens is 286 g/mol. The molecule has 0 aliphatic carbocycles. The lowest BCUT2D eigenvalue weighted by Gasteiger charge is -2.15. The highest BCUT2D eigenvalue weighted by Crippen LogP contribution is 2.26. The minimum atomic E-state index is -0.295. The van der Waals surface area contributed by atoms with Crippen LogP contribution in [-0.4, -0.2) is 25.7 Å². The van der Waals surface area contributed by atoms with Crippen molar-refractivity contribution in [3.63, 3.8) is 0 Å². The van der Waals surface area contributed by atoms with E-state index in [9.17, 15) is 4.79 Å². The molecule has 0 atom stereocenters. The first kappa shape index (κ1) is 13.8. The summed E-state index contributed by atoms with van der Waals surface area (Å²) in [5, 5.41) is 14.4. The second kappa shape index (κ2) is 5.18. The van der Waals surface area contributed by atoms with Gasteiger partial charge in [-0.2, -0.15) is 0 Å². The quantitative estimate of drug-likeness (QED) is 0.921. The fraction of sp³-hybridized carbons (Fsp3) is 0.364. The van der Waals surface area contributed by atoms with Gasteiger partial charge in [0.1, 0.15) is 4.88 Å². The molecule has 0 bridgehead atoms. The third-order valence-electron chi connectivity index (χ3n) is 2.28. The molecule has 1 amide bonds. The van der Waals surface area contributed by atoms with Crippen molar-refractivity contribution in [3.8, 4) is 0 Å². The summed E-state index contributed by atoms with van der Waals surface area (Å²) in [7, 11) is 0. The van der Waals surface area contributed by atoms with Crippen LogP contribution in [0.5, 0.6) is 0 Å². The number of halogens is 1.